The minimum absolute atomic E-state index is 0.0224. The molecule has 0 aromatic heterocycles. The minimum atomic E-state index is -3.35. The van der Waals surface area contributed by atoms with Gasteiger partial charge in [-0.15, -0.1) is 10.8 Å². The summed E-state index contributed by atoms with van der Waals surface area (Å²) in [6.07, 6.45) is 2.10. The Morgan fingerprint density at radius 2 is 1.89 bits per heavy atom. The highest BCUT2D eigenvalue weighted by atomic mass is 32.3. The fraction of sp³-hybridized carbons (Fsp3) is 0.550. The summed E-state index contributed by atoms with van der Waals surface area (Å²) in [6, 6.07) is 11.0. The van der Waals surface area contributed by atoms with Gasteiger partial charge in [0.15, 0.2) is 0 Å². The average Bonchev–Trinajstić information content (AvgIpc) is 2.86. The summed E-state index contributed by atoms with van der Waals surface area (Å²) < 4.78 is 23.1. The number of nitriles is 1. The maximum Gasteiger partial charge on any atom is 0.288 e. The second kappa shape index (κ2) is 8.62. The Morgan fingerprint density at radius 1 is 1.25 bits per heavy atom. The third kappa shape index (κ3) is 4.08. The maximum atomic E-state index is 13.1. The summed E-state index contributed by atoms with van der Waals surface area (Å²) in [5.41, 5.74) is 0.958. The third-order valence-corrected chi connectivity index (χ3v) is 7.56. The predicted molar refractivity (Wildman–Crippen MR) is 111 cm³/mol. The number of carbonyl (C=O) groups is 1. The second-order valence-electron chi connectivity index (χ2n) is 7.57. The van der Waals surface area contributed by atoms with Crippen LogP contribution in [0.1, 0.15) is 43.9 Å². The molecule has 0 bridgehead atoms. The van der Waals surface area contributed by atoms with Gasteiger partial charge in [0.1, 0.15) is 11.0 Å². The predicted octanol–water partition coefficient (Wildman–Crippen LogP) is 3.46. The molecule has 28 heavy (non-hydrogen) atoms. The van der Waals surface area contributed by atoms with E-state index in [2.05, 4.69) is 11.0 Å². The van der Waals surface area contributed by atoms with Crippen molar-refractivity contribution in [3.63, 3.8) is 0 Å². The molecule has 0 saturated carbocycles. The molecule has 1 atom stereocenters. The largest absolute Gasteiger partial charge is 0.302 e. The first kappa shape index (κ1) is 20.8. The molecule has 2 N–H and O–H groups in total. The SMILES string of the molecule is CC(C)N1C(=O)C(=NC2CCN(CCC#N)CC2)C(c2ccccc2)S1(O)O. The lowest BCUT2D eigenvalue weighted by Crippen LogP contribution is -2.37. The number of likely N-dealkylation sites (tertiary alicyclic amines) is 1. The van der Waals surface area contributed by atoms with Crippen LogP contribution in [0.25, 0.3) is 0 Å². The molecule has 2 aliphatic heterocycles. The number of amides is 1. The van der Waals surface area contributed by atoms with Gasteiger partial charge >= 0.3 is 0 Å². The van der Waals surface area contributed by atoms with Crippen LogP contribution in [0.4, 0.5) is 0 Å². The van der Waals surface area contributed by atoms with Crippen molar-refractivity contribution in [1.82, 2.24) is 9.21 Å². The van der Waals surface area contributed by atoms with Crippen molar-refractivity contribution in [1.29, 1.82) is 5.26 Å². The van der Waals surface area contributed by atoms with E-state index in [1.54, 1.807) is 13.8 Å². The van der Waals surface area contributed by atoms with Gasteiger partial charge in [-0.25, -0.2) is 4.31 Å². The van der Waals surface area contributed by atoms with Crippen molar-refractivity contribution >= 4 is 22.4 Å². The first-order valence-electron chi connectivity index (χ1n) is 9.69. The van der Waals surface area contributed by atoms with E-state index in [-0.39, 0.29) is 23.7 Å². The minimum Gasteiger partial charge on any atom is -0.302 e. The molecular weight excluding hydrogens is 376 g/mol. The normalized spacial score (nSPS) is 26.0. The van der Waals surface area contributed by atoms with Crippen LogP contribution < -0.4 is 0 Å². The number of hydrogen-bond acceptors (Lipinski definition) is 6. The lowest BCUT2D eigenvalue weighted by atomic mass is 10.0. The zero-order valence-corrected chi connectivity index (χ0v) is 17.2. The van der Waals surface area contributed by atoms with Crippen LogP contribution in [0, 0.1) is 11.3 Å². The molecule has 2 aliphatic rings. The molecule has 7 nitrogen and oxygen atoms in total. The van der Waals surface area contributed by atoms with E-state index in [1.807, 2.05) is 30.3 Å². The molecule has 1 amide bonds. The Bertz CT molecular complexity index is 767. The fourth-order valence-electron chi connectivity index (χ4n) is 3.92. The number of hydrogen-bond donors (Lipinski definition) is 2. The van der Waals surface area contributed by atoms with Crippen LogP contribution in [-0.4, -0.2) is 61.6 Å². The monoisotopic (exact) mass is 404 g/mol. The van der Waals surface area contributed by atoms with Crippen LogP contribution in [0.2, 0.25) is 0 Å². The van der Waals surface area contributed by atoms with E-state index >= 15 is 0 Å². The summed E-state index contributed by atoms with van der Waals surface area (Å²) in [7, 11) is -3.35. The first-order valence-corrected chi connectivity index (χ1v) is 11.3. The van der Waals surface area contributed by atoms with Crippen LogP contribution in [0.5, 0.6) is 0 Å². The van der Waals surface area contributed by atoms with E-state index in [0.717, 1.165) is 32.5 Å². The molecule has 1 aromatic carbocycles. The molecule has 1 aromatic rings. The number of aliphatic imine (C=N–C) groups is 1. The number of nitrogens with zero attached hydrogens (tertiary/aromatic N) is 4. The zero-order chi connectivity index (χ0) is 20.3. The molecule has 3 rings (SSSR count). The average molecular weight is 405 g/mol. The van der Waals surface area contributed by atoms with E-state index in [9.17, 15) is 13.9 Å². The van der Waals surface area contributed by atoms with E-state index in [4.69, 9.17) is 10.3 Å². The van der Waals surface area contributed by atoms with Gasteiger partial charge in [-0.2, -0.15) is 5.26 Å². The summed E-state index contributed by atoms with van der Waals surface area (Å²) >= 11 is 0. The van der Waals surface area contributed by atoms with Gasteiger partial charge in [0.2, 0.25) is 0 Å². The van der Waals surface area contributed by atoms with Crippen molar-refractivity contribution in [2.45, 2.75) is 50.4 Å². The highest BCUT2D eigenvalue weighted by Gasteiger charge is 2.52. The van der Waals surface area contributed by atoms with Gasteiger partial charge in [-0.05, 0) is 32.3 Å². The summed E-state index contributed by atoms with van der Waals surface area (Å²) in [5, 5.41) is 7.92. The highest BCUT2D eigenvalue weighted by molar-refractivity contribution is 8.24. The Morgan fingerprint density at radius 3 is 2.46 bits per heavy atom. The lowest BCUT2D eigenvalue weighted by Gasteiger charge is -2.42. The molecule has 2 heterocycles. The summed E-state index contributed by atoms with van der Waals surface area (Å²) in [4.78, 5) is 20.1. The van der Waals surface area contributed by atoms with Crippen LogP contribution in [0.3, 0.4) is 0 Å². The zero-order valence-electron chi connectivity index (χ0n) is 16.4. The van der Waals surface area contributed by atoms with Crippen molar-refractivity contribution in [2.24, 2.45) is 4.99 Å². The lowest BCUT2D eigenvalue weighted by molar-refractivity contribution is -0.120. The number of rotatable bonds is 5. The molecule has 0 radical (unpaired) electrons. The van der Waals surface area contributed by atoms with Gasteiger partial charge in [-0.1, -0.05) is 30.3 Å². The Hall–Kier alpha value is -1.92. The van der Waals surface area contributed by atoms with Crippen LogP contribution in [0.15, 0.2) is 35.3 Å². The van der Waals surface area contributed by atoms with Crippen molar-refractivity contribution in [2.75, 3.05) is 19.6 Å². The molecular formula is C20H28N4O3S. The number of piperidine rings is 1. The van der Waals surface area contributed by atoms with Crippen LogP contribution in [-0.2, 0) is 4.79 Å². The van der Waals surface area contributed by atoms with E-state index < -0.39 is 16.0 Å². The van der Waals surface area contributed by atoms with Crippen molar-refractivity contribution < 1.29 is 13.9 Å². The molecule has 0 spiro atoms. The molecule has 152 valence electrons. The Balaban J connectivity index is 1.88. The molecule has 1 unspecified atom stereocenters. The van der Waals surface area contributed by atoms with Gasteiger partial charge in [0.05, 0.1) is 12.1 Å². The quantitative estimate of drug-likeness (QED) is 0.783. The number of benzene rings is 1. The smallest absolute Gasteiger partial charge is 0.288 e. The molecule has 0 aliphatic carbocycles. The molecule has 8 heteroatoms. The molecule has 2 saturated heterocycles. The third-order valence-electron chi connectivity index (χ3n) is 5.26. The van der Waals surface area contributed by atoms with Gasteiger partial charge < -0.3 is 4.90 Å². The first-order chi connectivity index (χ1) is 13.4. The fourth-order valence-corrected chi connectivity index (χ4v) is 6.09. The summed E-state index contributed by atoms with van der Waals surface area (Å²) in [5.74, 6) is -0.379. The standard InChI is InChI=1S/C20H28N4O3S/c1-15(2)24-20(25)18(19(28(24,26)27)16-7-4-3-5-8-16)22-17-9-13-23(14-10-17)12-6-11-21/h3-5,7-8,15,17,19,26-27H,6,9-10,12-14H2,1-2H3. The van der Waals surface area contributed by atoms with E-state index in [1.165, 1.54) is 4.31 Å². The highest BCUT2D eigenvalue weighted by Crippen LogP contribution is 2.62. The summed E-state index contributed by atoms with van der Waals surface area (Å²) in [6.45, 7) is 5.98. The van der Waals surface area contributed by atoms with Gasteiger partial charge in [0.25, 0.3) is 5.91 Å². The second-order valence-corrected chi connectivity index (χ2v) is 9.56. The van der Waals surface area contributed by atoms with Crippen LogP contribution >= 0.6 is 10.8 Å². The van der Waals surface area contributed by atoms with Gasteiger partial charge in [0, 0.05) is 32.1 Å². The van der Waals surface area contributed by atoms with Gasteiger partial charge in [-0.3, -0.25) is 18.9 Å². The topological polar surface area (TPSA) is 100 Å². The van der Waals surface area contributed by atoms with Crippen molar-refractivity contribution in [3.05, 3.63) is 35.9 Å². The molecule has 2 fully saturated rings. The maximum absolute atomic E-state index is 13.1. The van der Waals surface area contributed by atoms with E-state index in [0.29, 0.717) is 12.0 Å². The number of carbonyl (C=O) groups excluding carboxylic acids is 1. The Kier molecular flexibility index (Phi) is 6.40. The van der Waals surface area contributed by atoms with Crippen molar-refractivity contribution in [3.8, 4) is 6.07 Å². The Labute approximate surface area is 168 Å².